The molecule has 2 atom stereocenters. The van der Waals surface area contributed by atoms with E-state index < -0.39 is 36.1 Å². The first kappa shape index (κ1) is 35.7. The highest BCUT2D eigenvalue weighted by molar-refractivity contribution is 7.87. The molecule has 9 nitrogen and oxygen atoms in total. The summed E-state index contributed by atoms with van der Waals surface area (Å²) >= 11 is 0. The van der Waals surface area contributed by atoms with Crippen LogP contribution >= 0.6 is 0 Å². The molecule has 0 N–H and O–H groups in total. The Morgan fingerprint density at radius 2 is 1.38 bits per heavy atom. The minimum atomic E-state index is -3.97. The van der Waals surface area contributed by atoms with Crippen molar-refractivity contribution in [1.29, 1.82) is 0 Å². The summed E-state index contributed by atoms with van der Waals surface area (Å²) in [5.74, 6) is 0.359. The molecule has 48 heavy (non-hydrogen) atoms. The molecular formula is C37H47N3O6SSi. The third-order valence-electron chi connectivity index (χ3n) is 9.44. The van der Waals surface area contributed by atoms with Crippen LogP contribution in [0.1, 0.15) is 43.2 Å². The molecule has 0 fully saturated rings. The van der Waals surface area contributed by atoms with Crippen LogP contribution in [0.3, 0.4) is 0 Å². The Hall–Kier alpha value is -3.58. The normalized spacial score (nSPS) is 17.4. The zero-order valence-corrected chi connectivity index (χ0v) is 30.9. The number of hydrogen-bond donors (Lipinski definition) is 0. The van der Waals surface area contributed by atoms with Crippen molar-refractivity contribution in [3.05, 3.63) is 126 Å². The summed E-state index contributed by atoms with van der Waals surface area (Å²) in [4.78, 5) is 4.77. The van der Waals surface area contributed by atoms with E-state index in [-0.39, 0.29) is 18.4 Å². The van der Waals surface area contributed by atoms with Crippen molar-refractivity contribution in [2.75, 3.05) is 34.6 Å². The lowest BCUT2D eigenvalue weighted by Crippen LogP contribution is -2.56. The quantitative estimate of drug-likeness (QED) is 0.0968. The van der Waals surface area contributed by atoms with Crippen molar-refractivity contribution < 1.29 is 27.4 Å². The van der Waals surface area contributed by atoms with Crippen molar-refractivity contribution in [2.24, 2.45) is 0 Å². The van der Waals surface area contributed by atoms with Crippen LogP contribution in [0.4, 0.5) is 0 Å². The zero-order valence-electron chi connectivity index (χ0n) is 29.1. The maximum atomic E-state index is 13.9. The molecule has 0 amide bonds. The monoisotopic (exact) mass is 689 g/mol. The van der Waals surface area contributed by atoms with E-state index in [1.807, 2.05) is 54.6 Å². The molecule has 1 aliphatic rings. The predicted molar refractivity (Wildman–Crippen MR) is 192 cm³/mol. The Labute approximate surface area is 286 Å². The van der Waals surface area contributed by atoms with E-state index in [0.29, 0.717) is 16.9 Å². The lowest BCUT2D eigenvalue weighted by atomic mass is 9.80. The van der Waals surface area contributed by atoms with Crippen molar-refractivity contribution >= 4 is 29.5 Å². The molecular weight excluding hydrogens is 643 g/mol. The summed E-state index contributed by atoms with van der Waals surface area (Å²) in [6.45, 7) is 10.8. The molecule has 5 rings (SSSR count). The van der Waals surface area contributed by atoms with E-state index in [9.17, 15) is 8.42 Å². The van der Waals surface area contributed by atoms with Gasteiger partial charge in [0.2, 0.25) is 0 Å². The second-order valence-corrected chi connectivity index (χ2v) is 20.9. The van der Waals surface area contributed by atoms with Crippen molar-refractivity contribution in [1.82, 2.24) is 13.3 Å². The zero-order chi connectivity index (χ0) is 34.7. The number of benzene rings is 3. The molecule has 0 saturated heterocycles. The van der Waals surface area contributed by atoms with Gasteiger partial charge in [0.25, 0.3) is 0 Å². The molecule has 0 saturated carbocycles. The molecule has 4 aromatic rings. The summed E-state index contributed by atoms with van der Waals surface area (Å²) in [6, 6.07) is 30.3. The van der Waals surface area contributed by atoms with E-state index in [1.165, 1.54) is 22.4 Å². The molecule has 256 valence electrons. The first-order valence-electron chi connectivity index (χ1n) is 16.1. The first-order chi connectivity index (χ1) is 22.7. The van der Waals surface area contributed by atoms with Crippen molar-refractivity contribution in [3.63, 3.8) is 0 Å². The maximum absolute atomic E-state index is 13.9. The van der Waals surface area contributed by atoms with Crippen LogP contribution < -0.4 is 5.45 Å². The molecule has 1 aliphatic heterocycles. The van der Waals surface area contributed by atoms with Crippen LogP contribution in [0.15, 0.2) is 103 Å². The summed E-state index contributed by atoms with van der Waals surface area (Å²) in [6.07, 6.45) is 2.17. The molecule has 0 spiro atoms. The van der Waals surface area contributed by atoms with E-state index in [2.05, 4.69) is 70.3 Å². The van der Waals surface area contributed by atoms with Crippen LogP contribution in [0, 0.1) is 0 Å². The van der Waals surface area contributed by atoms with Gasteiger partial charge in [0.05, 0.1) is 12.8 Å². The van der Waals surface area contributed by atoms with Gasteiger partial charge in [-0.15, -0.1) is 0 Å². The minimum absolute atomic E-state index is 0.0139. The first-order valence-corrected chi connectivity index (χ1v) is 20.5. The van der Waals surface area contributed by atoms with Gasteiger partial charge >= 0.3 is 10.2 Å². The lowest BCUT2D eigenvalue weighted by molar-refractivity contribution is -0.111. The fraction of sp³-hybridized carbons (Fsp3) is 0.378. The van der Waals surface area contributed by atoms with E-state index in [1.54, 1.807) is 19.4 Å². The Morgan fingerprint density at radius 1 is 0.875 bits per heavy atom. The largest absolute Gasteiger partial charge is 0.483 e. The van der Waals surface area contributed by atoms with E-state index >= 15 is 0 Å². The van der Waals surface area contributed by atoms with Crippen LogP contribution in [-0.2, 0) is 34.8 Å². The summed E-state index contributed by atoms with van der Waals surface area (Å²) in [5.41, 5.74) is 2.78. The highest BCUT2D eigenvalue weighted by atomic mass is 32.2. The molecule has 11 heteroatoms. The van der Waals surface area contributed by atoms with Gasteiger partial charge in [-0.2, -0.15) is 12.7 Å². The van der Waals surface area contributed by atoms with Gasteiger partial charge in [-0.25, -0.2) is 8.96 Å². The number of rotatable bonds is 13. The van der Waals surface area contributed by atoms with Crippen molar-refractivity contribution in [2.45, 2.75) is 56.7 Å². The standard InChI is InChI=1S/C37H47N3O6SSi/c1-36(2,3)48(7,8)35-38-25-31(40(35)47(41,42)39(4)5)32-24-33(44-27-43-6)34(46-32)26-45-37(28-18-12-9-13-19-28,29-20-14-10-15-21-29)30-22-16-11-17-23-30/h9-25,33-34H,26-27H2,1-8H3/t33-,34+/m0/s1. The Bertz CT molecular complexity index is 1710. The van der Waals surface area contributed by atoms with Gasteiger partial charge < -0.3 is 18.9 Å². The van der Waals surface area contributed by atoms with Gasteiger partial charge in [-0.05, 0) is 27.8 Å². The Balaban J connectivity index is 1.59. The maximum Gasteiger partial charge on any atom is 0.308 e. The van der Waals surface area contributed by atoms with Crippen LogP contribution in [0.5, 0.6) is 0 Å². The van der Waals surface area contributed by atoms with Gasteiger partial charge in [-0.3, -0.25) is 0 Å². The van der Waals surface area contributed by atoms with Crippen LogP contribution in [0.2, 0.25) is 18.1 Å². The number of hydrogen-bond acceptors (Lipinski definition) is 7. The molecule has 0 bridgehead atoms. The fourth-order valence-electron chi connectivity index (χ4n) is 5.73. The predicted octanol–water partition coefficient (Wildman–Crippen LogP) is 5.99. The van der Waals surface area contributed by atoms with E-state index in [4.69, 9.17) is 23.9 Å². The van der Waals surface area contributed by atoms with Gasteiger partial charge in [0, 0.05) is 21.2 Å². The van der Waals surface area contributed by atoms with Gasteiger partial charge in [0.15, 0.2) is 6.10 Å². The summed E-state index contributed by atoms with van der Waals surface area (Å²) < 4.78 is 55.5. The molecule has 2 heterocycles. The third-order valence-corrected chi connectivity index (χ3v) is 16.6. The minimum Gasteiger partial charge on any atom is -0.483 e. The molecule has 0 radical (unpaired) electrons. The van der Waals surface area contributed by atoms with E-state index in [0.717, 1.165) is 16.7 Å². The molecule has 0 aliphatic carbocycles. The number of nitrogens with zero attached hydrogens (tertiary/aromatic N) is 3. The molecule has 3 aromatic carbocycles. The van der Waals surface area contributed by atoms with Gasteiger partial charge in [0.1, 0.15) is 43.5 Å². The SMILES string of the molecule is COCO[C@H]1C=C(c2cnc([Si](C)(C)C(C)(C)C)n2S(=O)(=O)N(C)C)O[C@@H]1COC(c1ccccc1)(c1ccccc1)c1ccccc1. The number of aromatic nitrogens is 2. The molecule has 1 aromatic heterocycles. The number of imidazole rings is 1. The van der Waals surface area contributed by atoms with Crippen LogP contribution in [0.25, 0.3) is 5.76 Å². The lowest BCUT2D eigenvalue weighted by Gasteiger charge is -2.37. The summed E-state index contributed by atoms with van der Waals surface area (Å²) in [5, 5.41) is -0.170. The number of ether oxygens (including phenoxy) is 4. The highest BCUT2D eigenvalue weighted by Crippen LogP contribution is 2.42. The number of methoxy groups -OCH3 is 1. The van der Waals surface area contributed by atoms with Crippen molar-refractivity contribution in [3.8, 4) is 0 Å². The van der Waals surface area contributed by atoms with Gasteiger partial charge in [-0.1, -0.05) is 125 Å². The average Bonchev–Trinajstić information content (AvgIpc) is 3.70. The fourth-order valence-corrected chi connectivity index (χ4v) is 9.43. The second-order valence-electron chi connectivity index (χ2n) is 13.7. The highest BCUT2D eigenvalue weighted by Gasteiger charge is 2.46. The second kappa shape index (κ2) is 14.1. The topological polar surface area (TPSA) is 92.1 Å². The van der Waals surface area contributed by atoms with Crippen LogP contribution in [-0.4, -0.2) is 76.6 Å². The third kappa shape index (κ3) is 6.67. The summed E-state index contributed by atoms with van der Waals surface area (Å²) in [7, 11) is -1.79. The average molecular weight is 690 g/mol. The smallest absolute Gasteiger partial charge is 0.308 e. The Kier molecular flexibility index (Phi) is 10.5. The molecule has 0 unspecified atom stereocenters. The Morgan fingerprint density at radius 3 is 1.81 bits per heavy atom.